The van der Waals surface area contributed by atoms with Crippen LogP contribution in [-0.4, -0.2) is 19.7 Å². The molecule has 2 aromatic heterocycles. The lowest BCUT2D eigenvalue weighted by molar-refractivity contribution is 0.101. The predicted octanol–water partition coefficient (Wildman–Crippen LogP) is 3.36. The van der Waals surface area contributed by atoms with Gasteiger partial charge in [-0.3, -0.25) is 4.79 Å². The molecule has 8 nitrogen and oxygen atoms in total. The first-order valence-electron chi connectivity index (χ1n) is 9.16. The van der Waals surface area contributed by atoms with Crippen LogP contribution < -0.4 is 10.0 Å². The number of aryl methyl sites for hydroxylation is 1. The molecule has 1 unspecified atom stereocenters. The second kappa shape index (κ2) is 7.79. The summed E-state index contributed by atoms with van der Waals surface area (Å²) in [6.45, 7) is 0. The summed E-state index contributed by atoms with van der Waals surface area (Å²) in [6, 6.07) is 12.7. The number of carbonyl (C=O) groups excluding carboxylic acids is 1. The number of fused-ring (bicyclic) bond motifs is 1. The number of nitrogens with one attached hydrogen (secondary N) is 3. The number of aromatic nitrogens is 2. The molecular formula is C21H17FN6O2S. The van der Waals surface area contributed by atoms with E-state index in [1.807, 2.05) is 30.3 Å². The summed E-state index contributed by atoms with van der Waals surface area (Å²) in [5.74, 6) is -1.50. The van der Waals surface area contributed by atoms with Crippen LogP contribution in [0, 0.1) is 22.1 Å². The maximum Gasteiger partial charge on any atom is 0.272 e. The maximum atomic E-state index is 13.6. The minimum absolute atomic E-state index is 0.0634. The Kier molecular flexibility index (Phi) is 5.14. The number of halogens is 1. The topological polar surface area (TPSA) is 124 Å². The highest BCUT2D eigenvalue weighted by Crippen LogP contribution is 2.31. The van der Waals surface area contributed by atoms with Gasteiger partial charge in [0.1, 0.15) is 27.4 Å². The number of amides is 1. The average Bonchev–Trinajstić information content (AvgIpc) is 3.02. The van der Waals surface area contributed by atoms with Crippen molar-refractivity contribution in [1.29, 1.82) is 10.0 Å². The zero-order valence-electron chi connectivity index (χ0n) is 16.3. The van der Waals surface area contributed by atoms with Crippen molar-refractivity contribution in [2.24, 2.45) is 7.05 Å². The summed E-state index contributed by atoms with van der Waals surface area (Å²) in [5, 5.41) is 11.5. The Morgan fingerprint density at radius 3 is 2.81 bits per heavy atom. The SMILES string of the molecule is Cn1cc2c(c1C(=O)Nc1cc(F)nc(C#N)c1)C=C[C@@H](c1ccccc1)NS2(=N)=O. The highest BCUT2D eigenvalue weighted by molar-refractivity contribution is 7.90. The van der Waals surface area contributed by atoms with Crippen LogP contribution in [0.4, 0.5) is 10.1 Å². The van der Waals surface area contributed by atoms with E-state index in [1.165, 1.54) is 16.8 Å². The van der Waals surface area contributed by atoms with E-state index in [2.05, 4.69) is 15.0 Å². The van der Waals surface area contributed by atoms with Gasteiger partial charge in [-0.15, -0.1) is 0 Å². The minimum Gasteiger partial charge on any atom is -0.345 e. The Balaban J connectivity index is 1.74. The molecule has 2 atom stereocenters. The lowest BCUT2D eigenvalue weighted by Gasteiger charge is -2.15. The normalized spacial score (nSPS) is 19.8. The Morgan fingerprint density at radius 2 is 2.10 bits per heavy atom. The fourth-order valence-electron chi connectivity index (χ4n) is 3.42. The molecule has 1 aliphatic rings. The molecule has 1 aromatic carbocycles. The molecule has 3 aromatic rings. The molecule has 0 saturated carbocycles. The van der Waals surface area contributed by atoms with E-state index in [9.17, 15) is 13.4 Å². The van der Waals surface area contributed by atoms with Crippen molar-refractivity contribution in [3.05, 3.63) is 83.2 Å². The number of carbonyl (C=O) groups is 1. The third kappa shape index (κ3) is 3.96. The summed E-state index contributed by atoms with van der Waals surface area (Å²) in [5.41, 5.74) is 1.20. The Bertz CT molecular complexity index is 1360. The summed E-state index contributed by atoms with van der Waals surface area (Å²) in [4.78, 5) is 16.6. The zero-order chi connectivity index (χ0) is 22.2. The number of benzene rings is 1. The quantitative estimate of drug-likeness (QED) is 0.545. The van der Waals surface area contributed by atoms with Gasteiger partial charge in [0.25, 0.3) is 5.91 Å². The molecule has 0 saturated heterocycles. The monoisotopic (exact) mass is 436 g/mol. The molecule has 4 rings (SSSR count). The van der Waals surface area contributed by atoms with Gasteiger partial charge < -0.3 is 9.88 Å². The molecule has 3 N–H and O–H groups in total. The fraction of sp³-hybridized carbons (Fsp3) is 0.0952. The number of rotatable bonds is 3. The van der Waals surface area contributed by atoms with Gasteiger partial charge in [-0.2, -0.15) is 9.65 Å². The van der Waals surface area contributed by atoms with Gasteiger partial charge in [-0.25, -0.2) is 18.7 Å². The van der Waals surface area contributed by atoms with E-state index in [0.29, 0.717) is 5.56 Å². The van der Waals surface area contributed by atoms with E-state index >= 15 is 0 Å². The molecule has 3 heterocycles. The molecule has 10 heteroatoms. The van der Waals surface area contributed by atoms with Crippen molar-refractivity contribution in [1.82, 2.24) is 14.3 Å². The van der Waals surface area contributed by atoms with Crippen LogP contribution >= 0.6 is 0 Å². The van der Waals surface area contributed by atoms with E-state index in [4.69, 9.17) is 10.0 Å². The van der Waals surface area contributed by atoms with Crippen molar-refractivity contribution in [2.45, 2.75) is 10.9 Å². The molecule has 0 spiro atoms. The summed E-state index contributed by atoms with van der Waals surface area (Å²) >= 11 is 0. The summed E-state index contributed by atoms with van der Waals surface area (Å²) < 4.78 is 39.5. The van der Waals surface area contributed by atoms with Crippen molar-refractivity contribution in [3.8, 4) is 6.07 Å². The van der Waals surface area contributed by atoms with E-state index in [0.717, 1.165) is 11.6 Å². The van der Waals surface area contributed by atoms with Gasteiger partial charge in [0.05, 0.1) is 10.9 Å². The first-order chi connectivity index (χ1) is 14.8. The first kappa shape index (κ1) is 20.5. The third-order valence-electron chi connectivity index (χ3n) is 4.78. The molecule has 156 valence electrons. The van der Waals surface area contributed by atoms with Crippen molar-refractivity contribution < 1.29 is 13.4 Å². The summed E-state index contributed by atoms with van der Waals surface area (Å²) in [7, 11) is -1.83. The third-order valence-corrected chi connectivity index (χ3v) is 6.31. The highest BCUT2D eigenvalue weighted by Gasteiger charge is 2.29. The van der Waals surface area contributed by atoms with E-state index in [1.54, 1.807) is 25.3 Å². The number of pyridine rings is 1. The van der Waals surface area contributed by atoms with Crippen LogP contribution in [0.1, 0.15) is 33.4 Å². The molecule has 0 aliphatic carbocycles. The highest BCUT2D eigenvalue weighted by atomic mass is 32.2. The van der Waals surface area contributed by atoms with Gasteiger partial charge in [-0.05, 0) is 11.6 Å². The largest absolute Gasteiger partial charge is 0.345 e. The molecule has 0 bridgehead atoms. The smallest absolute Gasteiger partial charge is 0.272 e. The number of hydrogen-bond acceptors (Lipinski definition) is 5. The fourth-order valence-corrected chi connectivity index (χ4v) is 4.90. The summed E-state index contributed by atoms with van der Waals surface area (Å²) in [6.07, 6.45) is 4.87. The van der Waals surface area contributed by atoms with Crippen molar-refractivity contribution in [2.75, 3.05) is 5.32 Å². The predicted molar refractivity (Wildman–Crippen MR) is 113 cm³/mol. The zero-order valence-corrected chi connectivity index (χ0v) is 17.1. The van der Waals surface area contributed by atoms with Crippen LogP contribution in [0.3, 0.4) is 0 Å². The van der Waals surface area contributed by atoms with Gasteiger partial charge >= 0.3 is 0 Å². The van der Waals surface area contributed by atoms with Crippen LogP contribution in [0.5, 0.6) is 0 Å². The number of nitriles is 1. The second-order valence-electron chi connectivity index (χ2n) is 6.92. The first-order valence-corrected chi connectivity index (χ1v) is 10.7. The Morgan fingerprint density at radius 1 is 1.35 bits per heavy atom. The molecular weight excluding hydrogens is 419 g/mol. The Labute approximate surface area is 178 Å². The second-order valence-corrected chi connectivity index (χ2v) is 8.71. The number of hydrogen-bond donors (Lipinski definition) is 3. The Hall–Kier alpha value is -3.81. The van der Waals surface area contributed by atoms with E-state index in [-0.39, 0.29) is 22.0 Å². The lowest BCUT2D eigenvalue weighted by Crippen LogP contribution is -2.25. The van der Waals surface area contributed by atoms with Gasteiger partial charge in [0.2, 0.25) is 5.95 Å². The molecule has 1 aliphatic heterocycles. The van der Waals surface area contributed by atoms with Crippen LogP contribution in [0.2, 0.25) is 0 Å². The lowest BCUT2D eigenvalue weighted by atomic mass is 10.1. The molecule has 0 radical (unpaired) electrons. The number of nitrogens with zero attached hydrogens (tertiary/aromatic N) is 3. The van der Waals surface area contributed by atoms with Gasteiger partial charge in [0, 0.05) is 30.6 Å². The van der Waals surface area contributed by atoms with Crippen LogP contribution in [-0.2, 0) is 17.0 Å². The van der Waals surface area contributed by atoms with E-state index < -0.39 is 27.8 Å². The van der Waals surface area contributed by atoms with Gasteiger partial charge in [0.15, 0.2) is 0 Å². The standard InChI is InChI=1S/C21H17FN6O2S/c1-28-12-18-16(7-8-17(27-31(18,24)30)13-5-3-2-4-6-13)20(28)21(29)26-14-9-15(11-23)25-19(22)10-14/h2-10,12,17H,1H3,(H2,24,27,30)(H,25,26,29)/t17-,31?/m0/s1. The van der Waals surface area contributed by atoms with Gasteiger partial charge in [-0.1, -0.05) is 42.5 Å². The minimum atomic E-state index is -3.43. The molecule has 0 fully saturated rings. The van der Waals surface area contributed by atoms with Crippen molar-refractivity contribution in [3.63, 3.8) is 0 Å². The van der Waals surface area contributed by atoms with Crippen molar-refractivity contribution >= 4 is 27.6 Å². The molecule has 1 amide bonds. The average molecular weight is 436 g/mol. The number of anilines is 1. The maximum absolute atomic E-state index is 13.6. The molecule has 31 heavy (non-hydrogen) atoms. The van der Waals surface area contributed by atoms with Crippen LogP contribution in [0.15, 0.2) is 59.6 Å². The van der Waals surface area contributed by atoms with Crippen LogP contribution in [0.25, 0.3) is 6.08 Å².